The normalized spacial score (nSPS) is 38.8. The number of allylic oxidation sites excluding steroid dienone is 6. The number of carbonyl (C=O) groups is 5. The first-order valence-electron chi connectivity index (χ1n) is 25.5. The van der Waals surface area contributed by atoms with Crippen LogP contribution in [-0.4, -0.2) is 146 Å². The van der Waals surface area contributed by atoms with E-state index in [1.165, 1.54) is 12.0 Å². The van der Waals surface area contributed by atoms with E-state index < -0.39 is 77.6 Å². The maximum atomic E-state index is 14.5. The predicted octanol–water partition coefficient (Wildman–Crippen LogP) is 6.44. The quantitative estimate of drug-likeness (QED) is 0.122. The Morgan fingerprint density at radius 1 is 0.870 bits per heavy atom. The van der Waals surface area contributed by atoms with Crippen molar-refractivity contribution in [2.75, 3.05) is 47.7 Å². The fraction of sp³-hybridized carbons (Fsp3) is 0.759. The number of ether oxygens (including phenoxy) is 6. The second-order valence-electron chi connectivity index (χ2n) is 20.6. The van der Waals surface area contributed by atoms with E-state index in [2.05, 4.69) is 0 Å². The van der Waals surface area contributed by atoms with E-state index in [4.69, 9.17) is 28.4 Å². The van der Waals surface area contributed by atoms with E-state index in [-0.39, 0.29) is 80.7 Å². The van der Waals surface area contributed by atoms with Crippen LogP contribution in [0.4, 0.5) is 0 Å². The lowest BCUT2D eigenvalue weighted by molar-refractivity contribution is -0.265. The van der Waals surface area contributed by atoms with Crippen molar-refractivity contribution in [3.05, 3.63) is 47.6 Å². The number of Topliss-reactive ketones (excluding diaryl/α,β-unsaturated/α-hetero) is 3. The largest absolute Gasteiger partial charge is 0.460 e. The van der Waals surface area contributed by atoms with Gasteiger partial charge in [-0.15, -0.1) is 0 Å². The number of fused-ring (bicyclic) bond motifs is 3. The number of ketones is 3. The van der Waals surface area contributed by atoms with E-state index in [9.17, 15) is 39.3 Å². The maximum Gasteiger partial charge on any atom is 0.329 e. The van der Waals surface area contributed by atoms with Crippen LogP contribution in [0, 0.1) is 41.4 Å². The summed E-state index contributed by atoms with van der Waals surface area (Å²) in [4.78, 5) is 72.5. The SMILES string of the molecule is COC[C@H]1C(=O)[C@H](C)C[C@H](C)/C=C/C=C/C=C(\C)[C@@H](OC)C[C@@H]2CC[C@@H](C)[C@@](O)(O2)C(=O)C(=O)N2CCCC[C@H]2C(=O)OC([C@H](C)C[C@@H]2CC[C@@H](OCCO)[C@H](OC)C2)CC(=O)[C@H](C)/C=C(\C)[C@H]1O. The number of amides is 1. The Bertz CT molecular complexity index is 1830. The van der Waals surface area contributed by atoms with E-state index in [0.29, 0.717) is 63.4 Å². The number of nitrogens with zero attached hydrogens (tertiary/aromatic N) is 1. The minimum Gasteiger partial charge on any atom is -0.460 e. The predicted molar refractivity (Wildman–Crippen MR) is 261 cm³/mol. The van der Waals surface area contributed by atoms with Gasteiger partial charge in [-0.2, -0.15) is 0 Å². The Morgan fingerprint density at radius 3 is 2.29 bits per heavy atom. The van der Waals surface area contributed by atoms with E-state index in [0.717, 1.165) is 12.0 Å². The molecule has 15 atom stereocenters. The van der Waals surface area contributed by atoms with E-state index >= 15 is 0 Å². The molecule has 3 fully saturated rings. The summed E-state index contributed by atoms with van der Waals surface area (Å²) in [5.41, 5.74) is 1.32. The third-order valence-corrected chi connectivity index (χ3v) is 15.1. The molecule has 1 saturated carbocycles. The molecule has 15 nitrogen and oxygen atoms in total. The molecule has 2 saturated heterocycles. The molecule has 2 bridgehead atoms. The van der Waals surface area contributed by atoms with Crippen molar-refractivity contribution in [2.24, 2.45) is 41.4 Å². The highest BCUT2D eigenvalue weighted by molar-refractivity contribution is 6.39. The molecule has 15 heteroatoms. The first-order chi connectivity index (χ1) is 32.8. The number of esters is 1. The maximum absolute atomic E-state index is 14.5. The number of cyclic esters (lactones) is 1. The molecular weight excluding hydrogens is 887 g/mol. The Kier molecular flexibility index (Phi) is 23.6. The molecule has 1 unspecified atom stereocenters. The molecule has 0 aromatic heterocycles. The molecule has 0 aromatic carbocycles. The van der Waals surface area contributed by atoms with E-state index in [1.807, 2.05) is 58.1 Å². The van der Waals surface area contributed by atoms with Gasteiger partial charge in [0, 0.05) is 58.5 Å². The van der Waals surface area contributed by atoms with Gasteiger partial charge in [-0.05, 0) is 107 Å². The Morgan fingerprint density at radius 2 is 1.61 bits per heavy atom. The molecule has 0 radical (unpaired) electrons. The minimum absolute atomic E-state index is 0.00856. The van der Waals surface area contributed by atoms with Crippen molar-refractivity contribution in [3.63, 3.8) is 0 Å². The highest BCUT2D eigenvalue weighted by Crippen LogP contribution is 2.38. The van der Waals surface area contributed by atoms with E-state index in [1.54, 1.807) is 41.1 Å². The highest BCUT2D eigenvalue weighted by atomic mass is 16.6. The van der Waals surface area contributed by atoms with Crippen LogP contribution in [0.2, 0.25) is 0 Å². The number of rotatable bonds is 10. The summed E-state index contributed by atoms with van der Waals surface area (Å²) in [6.45, 7) is 13.0. The molecule has 3 aliphatic heterocycles. The van der Waals surface area contributed by atoms with Crippen molar-refractivity contribution in [2.45, 2.75) is 174 Å². The van der Waals surface area contributed by atoms with Gasteiger partial charge in [0.15, 0.2) is 0 Å². The smallest absolute Gasteiger partial charge is 0.329 e. The van der Waals surface area contributed by atoms with Gasteiger partial charge in [-0.1, -0.05) is 71.1 Å². The Labute approximate surface area is 411 Å². The number of aliphatic hydroxyl groups excluding tert-OH is 2. The summed E-state index contributed by atoms with van der Waals surface area (Å²) in [6, 6.07) is -1.14. The molecule has 0 aromatic rings. The summed E-state index contributed by atoms with van der Waals surface area (Å²) in [7, 11) is 4.69. The van der Waals surface area contributed by atoms with Crippen molar-refractivity contribution in [1.82, 2.24) is 4.90 Å². The molecule has 1 amide bonds. The van der Waals surface area contributed by atoms with Crippen molar-refractivity contribution >= 4 is 29.2 Å². The van der Waals surface area contributed by atoms with Crippen LogP contribution in [0.15, 0.2) is 47.6 Å². The first kappa shape index (κ1) is 58.2. The number of aliphatic hydroxyl groups is 3. The number of carbonyl (C=O) groups excluding carboxylic acids is 5. The van der Waals surface area contributed by atoms with Gasteiger partial charge in [0.1, 0.15) is 23.7 Å². The second-order valence-corrected chi connectivity index (χ2v) is 20.6. The van der Waals surface area contributed by atoms with Crippen LogP contribution in [-0.2, 0) is 52.4 Å². The molecule has 4 aliphatic rings. The highest BCUT2D eigenvalue weighted by Gasteiger charge is 2.53. The Hall–Kier alpha value is -3.41. The molecule has 4 rings (SSSR count). The van der Waals surface area contributed by atoms with Gasteiger partial charge < -0.3 is 48.6 Å². The molecule has 3 heterocycles. The zero-order valence-electron chi connectivity index (χ0n) is 43.1. The summed E-state index contributed by atoms with van der Waals surface area (Å²) in [5.74, 6) is -8.61. The van der Waals surface area contributed by atoms with Gasteiger partial charge in [-0.25, -0.2) is 4.79 Å². The van der Waals surface area contributed by atoms with Crippen LogP contribution in [0.3, 0.4) is 0 Å². The van der Waals surface area contributed by atoms with Crippen LogP contribution in [0.25, 0.3) is 0 Å². The number of hydrogen-bond acceptors (Lipinski definition) is 14. The summed E-state index contributed by atoms with van der Waals surface area (Å²) in [5, 5.41) is 33.0. The van der Waals surface area contributed by atoms with Gasteiger partial charge in [0.2, 0.25) is 5.79 Å². The van der Waals surface area contributed by atoms with Crippen LogP contribution >= 0.6 is 0 Å². The van der Waals surface area contributed by atoms with Gasteiger partial charge in [0.05, 0.1) is 56.3 Å². The molecule has 0 spiro atoms. The zero-order chi connectivity index (χ0) is 51.0. The lowest BCUT2D eigenvalue weighted by Gasteiger charge is -2.42. The third-order valence-electron chi connectivity index (χ3n) is 15.1. The number of piperidine rings is 1. The van der Waals surface area contributed by atoms with Gasteiger partial charge in [-0.3, -0.25) is 19.2 Å². The fourth-order valence-electron chi connectivity index (χ4n) is 10.8. The average Bonchev–Trinajstić information content (AvgIpc) is 3.33. The molecule has 1 aliphatic carbocycles. The number of hydrogen-bond donors (Lipinski definition) is 3. The first-order valence-corrected chi connectivity index (χ1v) is 25.5. The zero-order valence-corrected chi connectivity index (χ0v) is 43.1. The fourth-order valence-corrected chi connectivity index (χ4v) is 10.8. The van der Waals surface area contributed by atoms with Crippen molar-refractivity contribution < 1.29 is 67.7 Å². The van der Waals surface area contributed by atoms with Crippen molar-refractivity contribution in [3.8, 4) is 0 Å². The molecule has 3 N–H and O–H groups in total. The summed E-state index contributed by atoms with van der Waals surface area (Å²) in [6.07, 6.45) is 13.4. The van der Waals surface area contributed by atoms with Crippen LogP contribution in [0.1, 0.15) is 126 Å². The molecule has 69 heavy (non-hydrogen) atoms. The van der Waals surface area contributed by atoms with Crippen LogP contribution < -0.4 is 0 Å². The lowest BCUT2D eigenvalue weighted by atomic mass is 9.78. The van der Waals surface area contributed by atoms with Gasteiger partial charge >= 0.3 is 5.97 Å². The topological polar surface area (TPSA) is 205 Å². The second kappa shape index (κ2) is 28.0. The average molecular weight is 972 g/mol. The summed E-state index contributed by atoms with van der Waals surface area (Å²) < 4.78 is 35.5. The lowest BCUT2D eigenvalue weighted by Crippen LogP contribution is -2.61. The Balaban J connectivity index is 1.71. The van der Waals surface area contributed by atoms with Gasteiger partial charge in [0.25, 0.3) is 11.7 Å². The minimum atomic E-state index is -2.43. The monoisotopic (exact) mass is 972 g/mol. The number of methoxy groups -OCH3 is 3. The molecular formula is C54H85NO14. The summed E-state index contributed by atoms with van der Waals surface area (Å²) >= 11 is 0. The standard InChI is InChI=1S/C54H85NO14/c1-33-16-12-11-13-17-34(2)46(65-9)30-41-21-19-39(7)54(63,69-41)51(60)52(61)55-23-15-14-18-43(55)53(62)68-47(36(4)28-40-20-22-45(67-25-24-56)48(29-40)66-10)31-44(57)35(3)27-38(6)50(59)42(32-64-8)49(58)37(5)26-33/h11-13,16-17,27,33,35-37,39-43,45-48,50,56,59,63H,14-15,18-26,28-32H2,1-10H3/b13-11+,16-12+,34-17+,38-27+/t33-,35-,36-,37-,39-,40+,41+,42+,43+,45-,46+,47?,48-,50-,54-/m1/s1. The third kappa shape index (κ3) is 16.0. The van der Waals surface area contributed by atoms with Crippen molar-refractivity contribution in [1.29, 1.82) is 0 Å². The van der Waals surface area contributed by atoms with Crippen LogP contribution in [0.5, 0.6) is 0 Å². The molecule has 390 valence electrons.